The lowest BCUT2D eigenvalue weighted by molar-refractivity contribution is -0.384. The Morgan fingerprint density at radius 2 is 2.22 bits per heavy atom. The van der Waals surface area contributed by atoms with Crippen LogP contribution in [0.25, 0.3) is 0 Å². The van der Waals surface area contributed by atoms with Crippen molar-refractivity contribution in [1.29, 1.82) is 0 Å². The molecule has 98 valence electrons. The zero-order valence-corrected chi connectivity index (χ0v) is 12.5. The smallest absolute Gasteiger partial charge is 0.270 e. The van der Waals surface area contributed by atoms with E-state index >= 15 is 0 Å². The molecule has 1 N–H and O–H groups in total. The van der Waals surface area contributed by atoms with Crippen molar-refractivity contribution in [3.8, 4) is 0 Å². The molecule has 0 spiro atoms. The van der Waals surface area contributed by atoms with Crippen molar-refractivity contribution in [3.05, 3.63) is 31.9 Å². The highest BCUT2D eigenvalue weighted by Gasteiger charge is 2.19. The van der Waals surface area contributed by atoms with Crippen LogP contribution in [0.5, 0.6) is 0 Å². The molecule has 1 aromatic rings. The molecule has 2 atom stereocenters. The largest absolute Gasteiger partial charge is 0.381 e. The number of non-ortho nitro benzene ring substituents is 1. The van der Waals surface area contributed by atoms with Gasteiger partial charge < -0.3 is 5.32 Å². The Bertz CT molecular complexity index is 451. The summed E-state index contributed by atoms with van der Waals surface area (Å²) in [6, 6.07) is 5.51. The van der Waals surface area contributed by atoms with Crippen molar-refractivity contribution < 1.29 is 4.92 Å². The average molecular weight is 360 g/mol. The van der Waals surface area contributed by atoms with Gasteiger partial charge in [0.05, 0.1) is 4.92 Å². The summed E-state index contributed by atoms with van der Waals surface area (Å²) >= 11 is 2.15. The quantitative estimate of drug-likeness (QED) is 0.500. The Balaban J connectivity index is 2.07. The first-order valence-electron chi connectivity index (χ1n) is 6.26. The van der Waals surface area contributed by atoms with Crippen LogP contribution in [-0.4, -0.2) is 11.0 Å². The summed E-state index contributed by atoms with van der Waals surface area (Å²) in [6.45, 7) is 2.29. The average Bonchev–Trinajstić information content (AvgIpc) is 2.31. The molecule has 0 heterocycles. The highest BCUT2D eigenvalue weighted by atomic mass is 127. The predicted octanol–water partition coefficient (Wildman–Crippen LogP) is 4.19. The fraction of sp³-hybridized carbons (Fsp3) is 0.538. The molecule has 0 aromatic heterocycles. The van der Waals surface area contributed by atoms with E-state index in [1.807, 2.05) is 6.07 Å². The maximum Gasteiger partial charge on any atom is 0.270 e. The van der Waals surface area contributed by atoms with Crippen LogP contribution in [0.3, 0.4) is 0 Å². The highest BCUT2D eigenvalue weighted by Crippen LogP contribution is 2.29. The third-order valence-corrected chi connectivity index (χ3v) is 4.35. The van der Waals surface area contributed by atoms with E-state index in [0.717, 1.165) is 15.2 Å². The third-order valence-electron chi connectivity index (χ3n) is 3.46. The lowest BCUT2D eigenvalue weighted by atomic mass is 9.87. The molecule has 2 rings (SSSR count). The van der Waals surface area contributed by atoms with Gasteiger partial charge in [0.2, 0.25) is 0 Å². The highest BCUT2D eigenvalue weighted by molar-refractivity contribution is 14.1. The fourth-order valence-electron chi connectivity index (χ4n) is 2.52. The SMILES string of the molecule is CC1CCCC(Nc2ccc([N+](=O)[O-])cc2I)C1. The normalized spacial score (nSPS) is 23.7. The van der Waals surface area contributed by atoms with E-state index in [1.165, 1.54) is 25.7 Å². The minimum absolute atomic E-state index is 0.155. The fourth-order valence-corrected chi connectivity index (χ4v) is 3.17. The second-order valence-electron chi connectivity index (χ2n) is 5.03. The van der Waals surface area contributed by atoms with Crippen LogP contribution in [0, 0.1) is 19.6 Å². The summed E-state index contributed by atoms with van der Waals surface area (Å²) in [5, 5.41) is 14.2. The van der Waals surface area contributed by atoms with E-state index in [0.29, 0.717) is 6.04 Å². The van der Waals surface area contributed by atoms with Gasteiger partial charge in [-0.1, -0.05) is 19.8 Å². The second-order valence-corrected chi connectivity index (χ2v) is 6.20. The maximum absolute atomic E-state index is 10.7. The van der Waals surface area contributed by atoms with E-state index in [4.69, 9.17) is 0 Å². The lowest BCUT2D eigenvalue weighted by Gasteiger charge is -2.28. The molecule has 1 aliphatic rings. The van der Waals surface area contributed by atoms with Crippen LogP contribution in [0.2, 0.25) is 0 Å². The van der Waals surface area contributed by atoms with Gasteiger partial charge in [0.15, 0.2) is 0 Å². The van der Waals surface area contributed by atoms with E-state index in [9.17, 15) is 10.1 Å². The first-order valence-corrected chi connectivity index (χ1v) is 7.34. The van der Waals surface area contributed by atoms with Gasteiger partial charge >= 0.3 is 0 Å². The van der Waals surface area contributed by atoms with Crippen LogP contribution in [0.4, 0.5) is 11.4 Å². The van der Waals surface area contributed by atoms with Crippen molar-refractivity contribution in [1.82, 2.24) is 0 Å². The molecule has 0 saturated heterocycles. The summed E-state index contributed by atoms with van der Waals surface area (Å²) in [4.78, 5) is 10.3. The summed E-state index contributed by atoms with van der Waals surface area (Å²) < 4.78 is 0.917. The maximum atomic E-state index is 10.7. The van der Waals surface area contributed by atoms with Crippen LogP contribution in [0.1, 0.15) is 32.6 Å². The number of nitro groups is 1. The molecule has 4 nitrogen and oxygen atoms in total. The van der Waals surface area contributed by atoms with Gasteiger partial charge in [-0.2, -0.15) is 0 Å². The predicted molar refractivity (Wildman–Crippen MR) is 80.9 cm³/mol. The number of halogens is 1. The van der Waals surface area contributed by atoms with Gasteiger partial charge in [-0.15, -0.1) is 0 Å². The number of hydrogen-bond acceptors (Lipinski definition) is 3. The zero-order valence-electron chi connectivity index (χ0n) is 10.4. The summed E-state index contributed by atoms with van der Waals surface area (Å²) in [6.07, 6.45) is 4.96. The summed E-state index contributed by atoms with van der Waals surface area (Å²) in [7, 11) is 0. The van der Waals surface area contributed by atoms with Gasteiger partial charge in [-0.05, 0) is 47.4 Å². The monoisotopic (exact) mass is 360 g/mol. The number of hydrogen-bond donors (Lipinski definition) is 1. The number of nitrogens with one attached hydrogen (secondary N) is 1. The molecule has 0 radical (unpaired) electrons. The third kappa shape index (κ3) is 3.34. The Labute approximate surface area is 120 Å². The molecule has 1 saturated carbocycles. The minimum atomic E-state index is -0.353. The molecule has 1 aromatic carbocycles. The molecular weight excluding hydrogens is 343 g/mol. The Morgan fingerprint density at radius 3 is 2.83 bits per heavy atom. The van der Waals surface area contributed by atoms with E-state index in [-0.39, 0.29) is 10.6 Å². The molecule has 0 aliphatic heterocycles. The van der Waals surface area contributed by atoms with Crippen LogP contribution in [0.15, 0.2) is 18.2 Å². The summed E-state index contributed by atoms with van der Waals surface area (Å²) in [5.74, 6) is 0.770. The minimum Gasteiger partial charge on any atom is -0.381 e. The summed E-state index contributed by atoms with van der Waals surface area (Å²) in [5.41, 5.74) is 1.17. The Hall–Kier alpha value is -0.850. The van der Waals surface area contributed by atoms with Crippen molar-refractivity contribution in [2.75, 3.05) is 5.32 Å². The molecular formula is C13H17IN2O2. The number of nitro benzene ring substituents is 1. The first kappa shape index (κ1) is 13.6. The van der Waals surface area contributed by atoms with Gasteiger partial charge in [0.25, 0.3) is 5.69 Å². The van der Waals surface area contributed by atoms with E-state index < -0.39 is 0 Å². The van der Waals surface area contributed by atoms with E-state index in [2.05, 4.69) is 34.8 Å². The van der Waals surface area contributed by atoms with Crippen LogP contribution < -0.4 is 5.32 Å². The molecule has 2 unspecified atom stereocenters. The van der Waals surface area contributed by atoms with Crippen molar-refractivity contribution >= 4 is 34.0 Å². The lowest BCUT2D eigenvalue weighted by Crippen LogP contribution is -2.26. The van der Waals surface area contributed by atoms with Crippen molar-refractivity contribution in [3.63, 3.8) is 0 Å². The van der Waals surface area contributed by atoms with Gasteiger partial charge in [-0.25, -0.2) is 0 Å². The van der Waals surface area contributed by atoms with Gasteiger partial charge in [0, 0.05) is 27.4 Å². The Morgan fingerprint density at radius 1 is 1.44 bits per heavy atom. The second kappa shape index (κ2) is 5.86. The number of anilines is 1. The van der Waals surface area contributed by atoms with Crippen molar-refractivity contribution in [2.24, 2.45) is 5.92 Å². The molecule has 18 heavy (non-hydrogen) atoms. The molecule has 0 bridgehead atoms. The number of rotatable bonds is 3. The van der Waals surface area contributed by atoms with E-state index in [1.54, 1.807) is 12.1 Å². The molecule has 1 fully saturated rings. The van der Waals surface area contributed by atoms with Gasteiger partial charge in [0.1, 0.15) is 0 Å². The molecule has 5 heteroatoms. The molecule has 1 aliphatic carbocycles. The Kier molecular flexibility index (Phi) is 4.42. The molecule has 0 amide bonds. The topological polar surface area (TPSA) is 55.2 Å². The van der Waals surface area contributed by atoms with Crippen LogP contribution >= 0.6 is 22.6 Å². The number of benzene rings is 1. The van der Waals surface area contributed by atoms with Gasteiger partial charge in [-0.3, -0.25) is 10.1 Å². The van der Waals surface area contributed by atoms with Crippen molar-refractivity contribution in [2.45, 2.75) is 38.6 Å². The first-order chi connectivity index (χ1) is 8.56. The van der Waals surface area contributed by atoms with Crippen LogP contribution in [-0.2, 0) is 0 Å². The standard InChI is InChI=1S/C13H17IN2O2/c1-9-3-2-4-10(7-9)15-13-6-5-11(16(17)18)8-12(13)14/h5-6,8-10,15H,2-4,7H2,1H3. The number of nitrogens with zero attached hydrogens (tertiary/aromatic N) is 1. The zero-order chi connectivity index (χ0) is 13.1.